The van der Waals surface area contributed by atoms with Crippen molar-refractivity contribution in [3.63, 3.8) is 0 Å². The molecule has 0 radical (unpaired) electrons. The Balaban J connectivity index is 0. The largest absolute Gasteiger partial charge is 3.00 e. The summed E-state index contributed by atoms with van der Waals surface area (Å²) in [4.78, 5) is 0. The molecule has 0 aliphatic rings. The minimum absolute atomic E-state index is 0. The average molecular weight is 447 g/mol. The van der Waals surface area contributed by atoms with Crippen LogP contribution in [0.4, 0.5) is 0 Å². The van der Waals surface area contributed by atoms with Crippen molar-refractivity contribution in [3.05, 3.63) is 0 Å². The van der Waals surface area contributed by atoms with Crippen molar-refractivity contribution in [1.29, 1.82) is 0 Å². The Bertz CT molecular complexity index is 10.9. The van der Waals surface area contributed by atoms with Gasteiger partial charge in [-0.2, -0.15) is 0 Å². The van der Waals surface area contributed by atoms with Gasteiger partial charge in [0.25, 0.3) is 0 Å². The predicted octanol–water partition coefficient (Wildman–Crippen LogP) is -0.361. The summed E-state index contributed by atoms with van der Waals surface area (Å²) in [5.74, 6) is 0. The van der Waals surface area contributed by atoms with Crippen molar-refractivity contribution < 1.29 is 132 Å². The fourth-order valence-corrected chi connectivity index (χ4v) is 0. The Kier molecular flexibility index (Phi) is 592. The van der Waals surface area contributed by atoms with Gasteiger partial charge in [-0.1, -0.05) is 0 Å². The molecule has 0 aliphatic heterocycles. The van der Waals surface area contributed by atoms with E-state index in [0.717, 1.165) is 0 Å². The third kappa shape index (κ3) is 42.8. The van der Waals surface area contributed by atoms with Gasteiger partial charge >= 0.3 is 82.6 Å². The van der Waals surface area contributed by atoms with Crippen LogP contribution in [-0.2, 0) is 49.4 Å². The Labute approximate surface area is 129 Å². The van der Waals surface area contributed by atoms with E-state index in [1.807, 2.05) is 0 Å². The van der Waals surface area contributed by atoms with Crippen molar-refractivity contribution in [2.75, 3.05) is 0 Å². The summed E-state index contributed by atoms with van der Waals surface area (Å²) >= 11 is 0. The summed E-state index contributed by atoms with van der Waals surface area (Å²) in [6.07, 6.45) is 0. The van der Waals surface area contributed by atoms with E-state index < -0.39 is 0 Å². The summed E-state index contributed by atoms with van der Waals surface area (Å²) in [5.41, 5.74) is 0. The summed E-state index contributed by atoms with van der Waals surface area (Å²) in [6.45, 7) is 0. The third-order valence-electron chi connectivity index (χ3n) is 0. The van der Waals surface area contributed by atoms with Gasteiger partial charge in [0.15, 0.2) is 0 Å². The van der Waals surface area contributed by atoms with E-state index in [0.29, 0.717) is 0 Å². The average Bonchev–Trinajstić information content (AvgIpc) is 0. The SMILES string of the molecule is [Ni].[Ni].[O-2].[O-2].[O-2].[Pr+3].[Pr+3]. The quantitative estimate of drug-likeness (QED) is 0.455. The van der Waals surface area contributed by atoms with Crippen LogP contribution in [0.5, 0.6) is 0 Å². The van der Waals surface area contributed by atoms with Gasteiger partial charge in [0.2, 0.25) is 0 Å². The third-order valence-corrected chi connectivity index (χ3v) is 0. The van der Waals surface area contributed by atoms with Gasteiger partial charge in [0.1, 0.15) is 0 Å². The van der Waals surface area contributed by atoms with E-state index in [1.54, 1.807) is 0 Å². The Morgan fingerprint density at radius 1 is 0.429 bits per heavy atom. The molecule has 0 aromatic carbocycles. The number of hydrogen-bond donors (Lipinski definition) is 0. The van der Waals surface area contributed by atoms with Crippen LogP contribution in [0.3, 0.4) is 0 Å². The molecule has 0 aliphatic carbocycles. The Morgan fingerprint density at radius 3 is 0.429 bits per heavy atom. The molecule has 7 heavy (non-hydrogen) atoms. The van der Waals surface area contributed by atoms with Crippen molar-refractivity contribution in [2.45, 2.75) is 0 Å². The standard InChI is InChI=1S/2Ni.3O.2Pr/q;;3*-2;2*+3. The van der Waals surface area contributed by atoms with Gasteiger partial charge in [-0.15, -0.1) is 0 Å². The predicted molar refractivity (Wildman–Crippen MR) is 2.06 cm³/mol. The summed E-state index contributed by atoms with van der Waals surface area (Å²) in [5, 5.41) is 0. The van der Waals surface area contributed by atoms with E-state index in [1.165, 1.54) is 0 Å². The first kappa shape index (κ1) is 75.5. The van der Waals surface area contributed by atoms with Gasteiger partial charge in [-0.25, -0.2) is 0 Å². The monoisotopic (exact) mass is 446 g/mol. The molecule has 3 nitrogen and oxygen atoms in total. The zero-order valence-electron chi connectivity index (χ0n) is 3.01. The molecule has 44 valence electrons. The smallest absolute Gasteiger partial charge is 2.00 e. The van der Waals surface area contributed by atoms with Gasteiger partial charge in [-0.05, 0) is 0 Å². The zero-order valence-corrected chi connectivity index (χ0v) is 12.4. The summed E-state index contributed by atoms with van der Waals surface area (Å²) in [6, 6.07) is 0. The summed E-state index contributed by atoms with van der Waals surface area (Å²) < 4.78 is 0. The van der Waals surface area contributed by atoms with Crippen LogP contribution < -0.4 is 0 Å². The van der Waals surface area contributed by atoms with Crippen LogP contribution in [0, 0.1) is 82.6 Å². The summed E-state index contributed by atoms with van der Waals surface area (Å²) in [7, 11) is 0. The molecule has 0 atom stereocenters. The van der Waals surface area contributed by atoms with Gasteiger partial charge in [0, 0.05) is 33.0 Å². The van der Waals surface area contributed by atoms with E-state index >= 15 is 0 Å². The number of hydrogen-bond acceptors (Lipinski definition) is 0. The maximum Gasteiger partial charge on any atom is 3.00 e. The minimum atomic E-state index is 0. The second-order valence-corrected chi connectivity index (χ2v) is 0. The first-order chi connectivity index (χ1) is 0. The number of rotatable bonds is 0. The molecule has 0 bridgehead atoms. The van der Waals surface area contributed by atoms with Gasteiger partial charge in [0.05, 0.1) is 0 Å². The molecular weight excluding hydrogens is 447 g/mol. The topological polar surface area (TPSA) is 85.5 Å². The molecule has 0 rings (SSSR count). The molecule has 0 saturated carbocycles. The molecule has 0 heterocycles. The van der Waals surface area contributed by atoms with Crippen molar-refractivity contribution in [1.82, 2.24) is 0 Å². The Morgan fingerprint density at radius 2 is 0.429 bits per heavy atom. The van der Waals surface area contributed by atoms with Crippen LogP contribution in [0.2, 0.25) is 0 Å². The van der Waals surface area contributed by atoms with Crippen molar-refractivity contribution in [3.8, 4) is 0 Å². The second kappa shape index (κ2) is 54.9. The molecule has 0 spiro atoms. The molecule has 7 heteroatoms. The fraction of sp³-hybridized carbons (Fsp3) is 0. The maximum atomic E-state index is 0. The second-order valence-electron chi connectivity index (χ2n) is 0. The molecule has 0 aromatic heterocycles. The van der Waals surface area contributed by atoms with Crippen molar-refractivity contribution >= 4 is 0 Å². The van der Waals surface area contributed by atoms with E-state index in [4.69, 9.17) is 0 Å². The van der Waals surface area contributed by atoms with E-state index in [-0.39, 0.29) is 132 Å². The first-order valence-corrected chi connectivity index (χ1v) is 0. The molecule has 0 fully saturated rings. The molecule has 0 N–H and O–H groups in total. The zero-order chi connectivity index (χ0) is 0. The molecule has 0 aromatic rings. The maximum absolute atomic E-state index is 0. The molecule has 0 unspecified atom stereocenters. The van der Waals surface area contributed by atoms with Crippen LogP contribution in [0.1, 0.15) is 0 Å². The fourth-order valence-electron chi connectivity index (χ4n) is 0. The molecule has 0 saturated heterocycles. The van der Waals surface area contributed by atoms with E-state index in [2.05, 4.69) is 0 Å². The minimum Gasteiger partial charge on any atom is -2.00 e. The van der Waals surface area contributed by atoms with Crippen LogP contribution in [-0.4, -0.2) is 0 Å². The van der Waals surface area contributed by atoms with Crippen LogP contribution in [0.25, 0.3) is 0 Å². The van der Waals surface area contributed by atoms with Crippen molar-refractivity contribution in [2.24, 2.45) is 0 Å². The normalized spacial score (nSPS) is 0. The molecule has 0 amide bonds. The Hall–Kier alpha value is 3.59. The molecular formula is Ni2O3Pr2. The van der Waals surface area contributed by atoms with Crippen LogP contribution >= 0.6 is 0 Å². The van der Waals surface area contributed by atoms with Gasteiger partial charge < -0.3 is 16.4 Å². The first-order valence-electron chi connectivity index (χ1n) is 0. The van der Waals surface area contributed by atoms with Gasteiger partial charge in [-0.3, -0.25) is 0 Å². The van der Waals surface area contributed by atoms with E-state index in [9.17, 15) is 0 Å². The van der Waals surface area contributed by atoms with Crippen LogP contribution in [0.15, 0.2) is 0 Å².